The summed E-state index contributed by atoms with van der Waals surface area (Å²) >= 11 is 1.71. The van der Waals surface area contributed by atoms with Crippen LogP contribution in [0.3, 0.4) is 0 Å². The third kappa shape index (κ3) is 3.61. The molecule has 0 aliphatic carbocycles. The van der Waals surface area contributed by atoms with Gasteiger partial charge in [0.15, 0.2) is 0 Å². The monoisotopic (exact) mass is 241 g/mol. The highest BCUT2D eigenvalue weighted by molar-refractivity contribution is 7.10. The van der Waals surface area contributed by atoms with Crippen molar-refractivity contribution in [3.8, 4) is 0 Å². The molecule has 1 atom stereocenters. The fourth-order valence-electron chi connectivity index (χ4n) is 1.53. The maximum absolute atomic E-state index is 11.0. The van der Waals surface area contributed by atoms with Gasteiger partial charge in [0.25, 0.3) is 0 Å². The van der Waals surface area contributed by atoms with Gasteiger partial charge in [-0.05, 0) is 29.9 Å². The number of hydrogen-bond acceptors (Lipinski definition) is 3. The summed E-state index contributed by atoms with van der Waals surface area (Å²) in [6.45, 7) is 7.25. The van der Waals surface area contributed by atoms with Gasteiger partial charge in [0.05, 0.1) is 5.92 Å². The van der Waals surface area contributed by atoms with Crippen molar-refractivity contribution in [3.63, 3.8) is 0 Å². The normalized spacial score (nSPS) is 13.0. The fourth-order valence-corrected chi connectivity index (χ4v) is 2.41. The molecule has 0 bridgehead atoms. The van der Waals surface area contributed by atoms with Crippen LogP contribution in [-0.4, -0.2) is 17.6 Å². The van der Waals surface area contributed by atoms with Crippen LogP contribution in [0.5, 0.6) is 0 Å². The maximum Gasteiger partial charge on any atom is 0.308 e. The number of hydrogen-bond donors (Lipinski definition) is 2. The molecule has 0 radical (unpaired) electrons. The van der Waals surface area contributed by atoms with Gasteiger partial charge in [-0.2, -0.15) is 0 Å². The van der Waals surface area contributed by atoms with E-state index in [1.807, 2.05) is 13.8 Å². The molecule has 1 unspecified atom stereocenters. The fraction of sp³-hybridized carbons (Fsp3) is 0.583. The van der Waals surface area contributed by atoms with E-state index in [9.17, 15) is 4.79 Å². The van der Waals surface area contributed by atoms with Gasteiger partial charge in [-0.25, -0.2) is 0 Å². The number of aliphatic carboxylic acids is 1. The molecule has 0 saturated heterocycles. The molecule has 0 spiro atoms. The summed E-state index contributed by atoms with van der Waals surface area (Å²) in [4.78, 5) is 12.2. The van der Waals surface area contributed by atoms with Crippen molar-refractivity contribution in [3.05, 3.63) is 21.9 Å². The van der Waals surface area contributed by atoms with Crippen LogP contribution in [0.1, 0.15) is 24.3 Å². The van der Waals surface area contributed by atoms with E-state index in [4.69, 9.17) is 5.11 Å². The molecule has 4 heteroatoms. The Hall–Kier alpha value is -0.870. The number of carboxylic acid groups (broad SMARTS) is 1. The van der Waals surface area contributed by atoms with Gasteiger partial charge in [0, 0.05) is 18.0 Å². The molecular formula is C12H19NO2S. The van der Waals surface area contributed by atoms with E-state index in [2.05, 4.69) is 23.7 Å². The van der Waals surface area contributed by atoms with Gasteiger partial charge in [0.1, 0.15) is 0 Å². The molecule has 0 aliphatic heterocycles. The van der Waals surface area contributed by atoms with Crippen molar-refractivity contribution in [1.82, 2.24) is 5.32 Å². The largest absolute Gasteiger partial charge is 0.481 e. The highest BCUT2D eigenvalue weighted by atomic mass is 32.1. The van der Waals surface area contributed by atoms with Gasteiger partial charge < -0.3 is 10.4 Å². The quantitative estimate of drug-likeness (QED) is 0.804. The molecule has 16 heavy (non-hydrogen) atoms. The minimum atomic E-state index is -0.717. The summed E-state index contributed by atoms with van der Waals surface area (Å²) in [6, 6.07) is 2.08. The molecule has 0 aromatic carbocycles. The number of carbonyl (C=O) groups is 1. The van der Waals surface area contributed by atoms with Crippen LogP contribution >= 0.6 is 11.3 Å². The summed E-state index contributed by atoms with van der Waals surface area (Å²) in [6.07, 6.45) is 0. The smallest absolute Gasteiger partial charge is 0.308 e. The van der Waals surface area contributed by atoms with E-state index < -0.39 is 5.97 Å². The molecule has 2 N–H and O–H groups in total. The zero-order valence-electron chi connectivity index (χ0n) is 9.99. The first-order chi connectivity index (χ1) is 7.52. The summed E-state index contributed by atoms with van der Waals surface area (Å²) in [5, 5.41) is 14.3. The predicted octanol–water partition coefficient (Wildman–Crippen LogP) is 2.50. The SMILES string of the molecule is Cc1ccsc1CNCC(C(=O)O)C(C)C. The number of rotatable bonds is 6. The standard InChI is InChI=1S/C12H19NO2S/c1-8(2)10(12(14)15)6-13-7-11-9(3)4-5-16-11/h4-5,8,10,13H,6-7H2,1-3H3,(H,14,15). The van der Waals surface area contributed by atoms with Gasteiger partial charge in [-0.3, -0.25) is 4.79 Å². The first kappa shape index (κ1) is 13.2. The molecular weight excluding hydrogens is 222 g/mol. The van der Waals surface area contributed by atoms with Gasteiger partial charge >= 0.3 is 5.97 Å². The molecule has 1 rings (SSSR count). The van der Waals surface area contributed by atoms with E-state index in [1.165, 1.54) is 10.4 Å². The van der Waals surface area contributed by atoms with Crippen LogP contribution in [0.25, 0.3) is 0 Å². The summed E-state index contributed by atoms with van der Waals surface area (Å²) in [7, 11) is 0. The molecule has 3 nitrogen and oxygen atoms in total. The molecule has 1 aromatic heterocycles. The molecule has 0 saturated carbocycles. The van der Waals surface area contributed by atoms with E-state index in [1.54, 1.807) is 11.3 Å². The van der Waals surface area contributed by atoms with Gasteiger partial charge in [0.2, 0.25) is 0 Å². The van der Waals surface area contributed by atoms with Crippen molar-refractivity contribution >= 4 is 17.3 Å². The Balaban J connectivity index is 2.40. The van der Waals surface area contributed by atoms with Crippen LogP contribution in [0.2, 0.25) is 0 Å². The lowest BCUT2D eigenvalue weighted by Crippen LogP contribution is -2.31. The van der Waals surface area contributed by atoms with Gasteiger partial charge in [-0.1, -0.05) is 13.8 Å². The van der Waals surface area contributed by atoms with Crippen molar-refractivity contribution in [2.45, 2.75) is 27.3 Å². The average Bonchev–Trinajstić information content (AvgIpc) is 2.57. The Morgan fingerprint density at radius 1 is 1.56 bits per heavy atom. The van der Waals surface area contributed by atoms with E-state index in [0.29, 0.717) is 6.54 Å². The summed E-state index contributed by atoms with van der Waals surface area (Å²) in [5.41, 5.74) is 1.27. The third-order valence-corrected chi connectivity index (χ3v) is 3.76. The molecule has 0 amide bonds. The molecule has 0 aliphatic rings. The Labute approximate surface area is 100 Å². The minimum Gasteiger partial charge on any atom is -0.481 e. The second-order valence-electron chi connectivity index (χ2n) is 4.35. The Morgan fingerprint density at radius 2 is 2.25 bits per heavy atom. The lowest BCUT2D eigenvalue weighted by atomic mass is 9.96. The maximum atomic E-state index is 11.0. The van der Waals surface area contributed by atoms with Crippen LogP contribution in [0.4, 0.5) is 0 Å². The predicted molar refractivity (Wildman–Crippen MR) is 66.7 cm³/mol. The van der Waals surface area contributed by atoms with E-state index >= 15 is 0 Å². The number of thiophene rings is 1. The average molecular weight is 241 g/mol. The highest BCUT2D eigenvalue weighted by Gasteiger charge is 2.20. The zero-order valence-corrected chi connectivity index (χ0v) is 10.8. The Morgan fingerprint density at radius 3 is 2.69 bits per heavy atom. The number of carboxylic acids is 1. The van der Waals surface area contributed by atoms with Crippen molar-refractivity contribution in [1.29, 1.82) is 0 Å². The summed E-state index contributed by atoms with van der Waals surface area (Å²) < 4.78 is 0. The Kier molecular flexibility index (Phi) is 4.96. The van der Waals surface area contributed by atoms with Crippen LogP contribution < -0.4 is 5.32 Å². The number of nitrogens with one attached hydrogen (secondary N) is 1. The van der Waals surface area contributed by atoms with Crippen molar-refractivity contribution < 1.29 is 9.90 Å². The first-order valence-electron chi connectivity index (χ1n) is 5.49. The number of aryl methyl sites for hydroxylation is 1. The molecule has 0 fully saturated rings. The van der Waals surface area contributed by atoms with Crippen LogP contribution in [-0.2, 0) is 11.3 Å². The molecule has 90 valence electrons. The lowest BCUT2D eigenvalue weighted by molar-refractivity contribution is -0.143. The van der Waals surface area contributed by atoms with Crippen molar-refractivity contribution in [2.75, 3.05) is 6.54 Å². The molecule has 1 aromatic rings. The first-order valence-corrected chi connectivity index (χ1v) is 6.36. The Bertz CT molecular complexity index is 347. The highest BCUT2D eigenvalue weighted by Crippen LogP contribution is 2.15. The lowest BCUT2D eigenvalue weighted by Gasteiger charge is -2.16. The second-order valence-corrected chi connectivity index (χ2v) is 5.35. The van der Waals surface area contributed by atoms with Crippen LogP contribution in [0, 0.1) is 18.8 Å². The second kappa shape index (κ2) is 6.01. The topological polar surface area (TPSA) is 49.3 Å². The zero-order chi connectivity index (χ0) is 12.1. The van der Waals surface area contributed by atoms with Crippen molar-refractivity contribution in [2.24, 2.45) is 11.8 Å². The van der Waals surface area contributed by atoms with E-state index in [-0.39, 0.29) is 11.8 Å². The third-order valence-electron chi connectivity index (χ3n) is 2.74. The molecule has 1 heterocycles. The van der Waals surface area contributed by atoms with E-state index in [0.717, 1.165) is 6.54 Å². The van der Waals surface area contributed by atoms with Gasteiger partial charge in [-0.15, -0.1) is 11.3 Å². The van der Waals surface area contributed by atoms with Crippen LogP contribution in [0.15, 0.2) is 11.4 Å². The minimum absolute atomic E-state index is 0.162. The summed E-state index contributed by atoms with van der Waals surface area (Å²) in [5.74, 6) is -0.861.